The maximum absolute atomic E-state index is 8.23. The molecule has 1 aromatic rings. The van der Waals surface area contributed by atoms with E-state index in [1.54, 1.807) is 14.2 Å². The van der Waals surface area contributed by atoms with Crippen molar-refractivity contribution in [2.75, 3.05) is 20.8 Å². The van der Waals surface area contributed by atoms with Crippen LogP contribution >= 0.6 is 0 Å². The van der Waals surface area contributed by atoms with Crippen LogP contribution in [-0.2, 0) is 11.2 Å². The SMILES string of the molecule is COc1ccc(CC(CN=[N+]=[N-])OC)cc1. The molecule has 5 nitrogen and oxygen atoms in total. The summed E-state index contributed by atoms with van der Waals surface area (Å²) in [4.78, 5) is 2.72. The quantitative estimate of drug-likeness (QED) is 0.421. The largest absolute Gasteiger partial charge is 0.497 e. The summed E-state index contributed by atoms with van der Waals surface area (Å²) >= 11 is 0. The lowest BCUT2D eigenvalue weighted by Gasteiger charge is -2.12. The minimum Gasteiger partial charge on any atom is -0.497 e. The normalized spacial score (nSPS) is 11.6. The van der Waals surface area contributed by atoms with Crippen molar-refractivity contribution in [2.45, 2.75) is 12.5 Å². The van der Waals surface area contributed by atoms with Gasteiger partial charge in [0.05, 0.1) is 19.8 Å². The maximum Gasteiger partial charge on any atom is 0.118 e. The summed E-state index contributed by atoms with van der Waals surface area (Å²) in [5.41, 5.74) is 9.36. The molecule has 1 aromatic carbocycles. The van der Waals surface area contributed by atoms with E-state index in [0.717, 1.165) is 17.7 Å². The van der Waals surface area contributed by atoms with Gasteiger partial charge in [-0.15, -0.1) is 0 Å². The van der Waals surface area contributed by atoms with E-state index in [9.17, 15) is 0 Å². The number of methoxy groups -OCH3 is 2. The molecule has 0 spiro atoms. The lowest BCUT2D eigenvalue weighted by Crippen LogP contribution is -2.17. The Labute approximate surface area is 94.6 Å². The van der Waals surface area contributed by atoms with Crippen LogP contribution in [0.4, 0.5) is 0 Å². The van der Waals surface area contributed by atoms with E-state index >= 15 is 0 Å². The summed E-state index contributed by atoms with van der Waals surface area (Å²) in [7, 11) is 3.25. The molecule has 1 unspecified atom stereocenters. The number of hydrogen-bond donors (Lipinski definition) is 0. The van der Waals surface area contributed by atoms with Crippen molar-refractivity contribution in [3.8, 4) is 5.75 Å². The van der Waals surface area contributed by atoms with Crippen molar-refractivity contribution in [2.24, 2.45) is 5.11 Å². The molecule has 0 aliphatic carbocycles. The second-order valence-corrected chi connectivity index (χ2v) is 3.32. The van der Waals surface area contributed by atoms with Crippen molar-refractivity contribution >= 4 is 0 Å². The Bertz CT molecular complexity index is 358. The molecule has 0 aromatic heterocycles. The molecule has 0 bridgehead atoms. The van der Waals surface area contributed by atoms with Gasteiger partial charge in [-0.1, -0.05) is 17.2 Å². The van der Waals surface area contributed by atoms with E-state index in [1.165, 1.54) is 0 Å². The zero-order valence-electron chi connectivity index (χ0n) is 9.46. The van der Waals surface area contributed by atoms with Crippen molar-refractivity contribution in [3.05, 3.63) is 40.3 Å². The Kier molecular flexibility index (Phi) is 5.19. The van der Waals surface area contributed by atoms with Crippen LogP contribution in [0.5, 0.6) is 5.75 Å². The Balaban J connectivity index is 2.59. The molecule has 0 saturated carbocycles. The van der Waals surface area contributed by atoms with Crippen molar-refractivity contribution in [1.82, 2.24) is 0 Å². The van der Waals surface area contributed by atoms with E-state index in [2.05, 4.69) is 10.0 Å². The fourth-order valence-electron chi connectivity index (χ4n) is 1.37. The molecule has 5 heteroatoms. The molecule has 1 rings (SSSR count). The molecule has 0 saturated heterocycles. The second-order valence-electron chi connectivity index (χ2n) is 3.32. The number of azide groups is 1. The Morgan fingerprint density at radius 3 is 2.50 bits per heavy atom. The van der Waals surface area contributed by atoms with Gasteiger partial charge in [0.2, 0.25) is 0 Å². The van der Waals surface area contributed by atoms with Gasteiger partial charge in [-0.25, -0.2) is 0 Å². The van der Waals surface area contributed by atoms with Crippen molar-refractivity contribution < 1.29 is 9.47 Å². The molecule has 0 N–H and O–H groups in total. The van der Waals surface area contributed by atoms with E-state index < -0.39 is 0 Å². The van der Waals surface area contributed by atoms with Crippen LogP contribution < -0.4 is 4.74 Å². The van der Waals surface area contributed by atoms with Crippen LogP contribution in [0.15, 0.2) is 29.4 Å². The Hall–Kier alpha value is -1.71. The highest BCUT2D eigenvalue weighted by molar-refractivity contribution is 5.27. The smallest absolute Gasteiger partial charge is 0.118 e. The molecule has 86 valence electrons. The summed E-state index contributed by atoms with van der Waals surface area (Å²) in [6.07, 6.45) is 0.642. The summed E-state index contributed by atoms with van der Waals surface area (Å²) in [5, 5.41) is 3.50. The van der Waals surface area contributed by atoms with Gasteiger partial charge in [-0.05, 0) is 29.6 Å². The predicted octanol–water partition coefficient (Wildman–Crippen LogP) is 2.56. The van der Waals surface area contributed by atoms with Gasteiger partial charge in [-0.3, -0.25) is 0 Å². The van der Waals surface area contributed by atoms with Crippen LogP contribution in [0.2, 0.25) is 0 Å². The number of hydrogen-bond acceptors (Lipinski definition) is 3. The van der Waals surface area contributed by atoms with Crippen LogP contribution in [0.25, 0.3) is 10.4 Å². The Morgan fingerprint density at radius 1 is 1.31 bits per heavy atom. The zero-order chi connectivity index (χ0) is 11.8. The lowest BCUT2D eigenvalue weighted by atomic mass is 10.1. The number of benzene rings is 1. The van der Waals surface area contributed by atoms with Crippen LogP contribution in [-0.4, -0.2) is 26.9 Å². The number of nitrogens with zero attached hydrogens (tertiary/aromatic N) is 3. The van der Waals surface area contributed by atoms with Gasteiger partial charge in [0, 0.05) is 12.0 Å². The summed E-state index contributed by atoms with van der Waals surface area (Å²) in [6, 6.07) is 7.74. The van der Waals surface area contributed by atoms with Crippen LogP contribution in [0.3, 0.4) is 0 Å². The topological polar surface area (TPSA) is 67.2 Å². The molecule has 0 fully saturated rings. The molecule has 0 aliphatic rings. The third kappa shape index (κ3) is 3.81. The van der Waals surface area contributed by atoms with E-state index in [1.807, 2.05) is 24.3 Å². The van der Waals surface area contributed by atoms with Crippen molar-refractivity contribution in [1.29, 1.82) is 0 Å². The monoisotopic (exact) mass is 221 g/mol. The molecule has 16 heavy (non-hydrogen) atoms. The fourth-order valence-corrected chi connectivity index (χ4v) is 1.37. The van der Waals surface area contributed by atoms with Crippen LogP contribution in [0.1, 0.15) is 5.56 Å². The molecule has 1 atom stereocenters. The minimum absolute atomic E-state index is 0.0794. The standard InChI is InChI=1S/C11H15N3O2/c1-15-10-5-3-9(4-6-10)7-11(16-2)8-13-14-12/h3-6,11H,7-8H2,1-2H3. The maximum atomic E-state index is 8.23. The highest BCUT2D eigenvalue weighted by Crippen LogP contribution is 2.13. The molecule has 0 amide bonds. The first-order valence-corrected chi connectivity index (χ1v) is 4.96. The number of ether oxygens (including phenoxy) is 2. The zero-order valence-corrected chi connectivity index (χ0v) is 9.46. The van der Waals surface area contributed by atoms with Gasteiger partial charge in [-0.2, -0.15) is 0 Å². The minimum atomic E-state index is -0.0794. The molecule has 0 heterocycles. The molecule has 0 radical (unpaired) electrons. The third-order valence-corrected chi connectivity index (χ3v) is 2.30. The predicted molar refractivity (Wildman–Crippen MR) is 61.5 cm³/mol. The highest BCUT2D eigenvalue weighted by atomic mass is 16.5. The van der Waals surface area contributed by atoms with Gasteiger partial charge in [0.1, 0.15) is 5.75 Å². The van der Waals surface area contributed by atoms with E-state index in [-0.39, 0.29) is 6.10 Å². The van der Waals surface area contributed by atoms with Gasteiger partial charge in [0.25, 0.3) is 0 Å². The first-order chi connectivity index (χ1) is 7.80. The number of rotatable bonds is 6. The first-order valence-electron chi connectivity index (χ1n) is 4.96. The van der Waals surface area contributed by atoms with E-state index in [0.29, 0.717) is 6.54 Å². The molecule has 0 aliphatic heterocycles. The summed E-state index contributed by atoms with van der Waals surface area (Å²) < 4.78 is 10.3. The molecular weight excluding hydrogens is 206 g/mol. The van der Waals surface area contributed by atoms with E-state index in [4.69, 9.17) is 15.0 Å². The van der Waals surface area contributed by atoms with Gasteiger partial charge >= 0.3 is 0 Å². The van der Waals surface area contributed by atoms with Crippen molar-refractivity contribution in [3.63, 3.8) is 0 Å². The third-order valence-electron chi connectivity index (χ3n) is 2.30. The summed E-state index contributed by atoms with van der Waals surface area (Å²) in [5.74, 6) is 0.827. The fraction of sp³-hybridized carbons (Fsp3) is 0.455. The Morgan fingerprint density at radius 2 is 2.00 bits per heavy atom. The van der Waals surface area contributed by atoms with Crippen LogP contribution in [0, 0.1) is 0 Å². The first kappa shape index (κ1) is 12.4. The average molecular weight is 221 g/mol. The van der Waals surface area contributed by atoms with Gasteiger partial charge in [0.15, 0.2) is 0 Å². The average Bonchev–Trinajstić information content (AvgIpc) is 2.35. The molecular formula is C11H15N3O2. The van der Waals surface area contributed by atoms with Gasteiger partial charge < -0.3 is 9.47 Å². The highest BCUT2D eigenvalue weighted by Gasteiger charge is 2.07. The second kappa shape index (κ2) is 6.71. The summed E-state index contributed by atoms with van der Waals surface area (Å²) in [6.45, 7) is 0.346. The lowest BCUT2D eigenvalue weighted by molar-refractivity contribution is 0.110.